The van der Waals surface area contributed by atoms with Crippen LogP contribution in [0.1, 0.15) is 30.0 Å². The summed E-state index contributed by atoms with van der Waals surface area (Å²) in [5, 5.41) is 9.55. The molecular weight excluding hydrogens is 280 g/mol. The minimum atomic E-state index is -3.71. The Kier molecular flexibility index (Phi) is 4.26. The van der Waals surface area contributed by atoms with E-state index in [9.17, 15) is 8.42 Å². The highest BCUT2D eigenvalue weighted by atomic mass is 32.2. The Morgan fingerprint density at radius 1 is 1.50 bits per heavy atom. The quantitative estimate of drug-likeness (QED) is 0.740. The number of aryl methyl sites for hydroxylation is 1. The molecule has 20 heavy (non-hydrogen) atoms. The van der Waals surface area contributed by atoms with Crippen molar-refractivity contribution < 1.29 is 12.8 Å². The van der Waals surface area contributed by atoms with E-state index in [0.717, 1.165) is 5.69 Å². The average Bonchev–Trinajstić information content (AvgIpc) is 3.00. The Morgan fingerprint density at radius 2 is 2.25 bits per heavy atom. The molecule has 0 radical (unpaired) electrons. The molecule has 0 amide bonds. The van der Waals surface area contributed by atoms with Crippen molar-refractivity contribution in [1.29, 1.82) is 0 Å². The summed E-state index contributed by atoms with van der Waals surface area (Å²) in [5.74, 6) is 0.552. The molecule has 7 nitrogen and oxygen atoms in total. The normalized spacial score (nSPS) is 13.6. The number of H-pyrrole nitrogens is 1. The minimum Gasteiger partial charge on any atom is -0.468 e. The number of hydrogen-bond acceptors (Lipinski definition) is 5. The molecule has 0 aliphatic heterocycles. The fourth-order valence-corrected chi connectivity index (χ4v) is 3.33. The van der Waals surface area contributed by atoms with Crippen molar-refractivity contribution in [3.05, 3.63) is 35.4 Å². The number of aromatic amines is 1. The van der Waals surface area contributed by atoms with Crippen LogP contribution in [-0.2, 0) is 16.6 Å². The second-order valence-corrected chi connectivity index (χ2v) is 6.15. The molecule has 0 aliphatic rings. The lowest BCUT2D eigenvalue weighted by Crippen LogP contribution is -2.28. The van der Waals surface area contributed by atoms with Gasteiger partial charge in [-0.3, -0.25) is 5.10 Å². The molecule has 0 aliphatic carbocycles. The van der Waals surface area contributed by atoms with E-state index in [4.69, 9.17) is 4.42 Å². The van der Waals surface area contributed by atoms with Crippen LogP contribution in [0.25, 0.3) is 0 Å². The van der Waals surface area contributed by atoms with E-state index >= 15 is 0 Å². The second-order valence-electron chi connectivity index (χ2n) is 4.52. The van der Waals surface area contributed by atoms with E-state index in [1.54, 1.807) is 33.0 Å². The van der Waals surface area contributed by atoms with Crippen molar-refractivity contribution in [2.45, 2.75) is 31.5 Å². The lowest BCUT2D eigenvalue weighted by atomic mass is 10.3. The van der Waals surface area contributed by atoms with Crippen LogP contribution >= 0.6 is 0 Å². The van der Waals surface area contributed by atoms with E-state index in [2.05, 4.69) is 20.2 Å². The van der Waals surface area contributed by atoms with Gasteiger partial charge in [-0.1, -0.05) is 0 Å². The topological polar surface area (TPSA) is 100 Å². The van der Waals surface area contributed by atoms with Gasteiger partial charge in [0.15, 0.2) is 5.03 Å². The number of nitrogens with one attached hydrogen (secondary N) is 3. The van der Waals surface area contributed by atoms with Crippen LogP contribution in [-0.4, -0.2) is 25.7 Å². The number of furan rings is 1. The first-order chi connectivity index (χ1) is 9.45. The summed E-state index contributed by atoms with van der Waals surface area (Å²) < 4.78 is 32.5. The Bertz CT molecular complexity index is 661. The van der Waals surface area contributed by atoms with Crippen LogP contribution in [0, 0.1) is 6.92 Å². The van der Waals surface area contributed by atoms with Gasteiger partial charge in [-0.25, -0.2) is 8.42 Å². The number of rotatable bonds is 6. The van der Waals surface area contributed by atoms with E-state index in [0.29, 0.717) is 17.9 Å². The first-order valence-electron chi connectivity index (χ1n) is 6.20. The third kappa shape index (κ3) is 2.92. The molecule has 8 heteroatoms. The standard InChI is InChI=1S/C12H18N4O3S/c1-8-10(7-13-3)12(15-14-8)20(17,18)16-9(2)11-5-4-6-19-11/h4-6,9,13,16H,7H2,1-3H3,(H,14,15). The van der Waals surface area contributed by atoms with Gasteiger partial charge in [0.05, 0.1) is 12.3 Å². The highest BCUT2D eigenvalue weighted by Crippen LogP contribution is 2.20. The summed E-state index contributed by atoms with van der Waals surface area (Å²) in [4.78, 5) is 0. The first kappa shape index (κ1) is 14.8. The van der Waals surface area contributed by atoms with Crippen molar-refractivity contribution in [3.63, 3.8) is 0 Å². The molecule has 0 aromatic carbocycles. The molecule has 3 N–H and O–H groups in total. The molecule has 2 heterocycles. The number of nitrogens with zero attached hydrogens (tertiary/aromatic N) is 1. The number of hydrogen-bond donors (Lipinski definition) is 3. The molecule has 0 saturated heterocycles. The lowest BCUT2D eigenvalue weighted by molar-refractivity contribution is 0.458. The van der Waals surface area contributed by atoms with Crippen molar-refractivity contribution in [2.75, 3.05) is 7.05 Å². The SMILES string of the molecule is CNCc1c(S(=O)(=O)NC(C)c2ccco2)n[nH]c1C. The summed E-state index contributed by atoms with van der Waals surface area (Å²) in [6, 6.07) is 2.97. The maximum Gasteiger partial charge on any atom is 0.260 e. The summed E-state index contributed by atoms with van der Waals surface area (Å²) in [7, 11) is -1.96. The van der Waals surface area contributed by atoms with Gasteiger partial charge in [0.1, 0.15) is 5.76 Å². The molecule has 2 rings (SSSR count). The van der Waals surface area contributed by atoms with Gasteiger partial charge in [0, 0.05) is 17.8 Å². The summed E-state index contributed by atoms with van der Waals surface area (Å²) in [6.45, 7) is 3.93. The second kappa shape index (κ2) is 5.78. The van der Waals surface area contributed by atoms with Crippen LogP contribution in [0.2, 0.25) is 0 Å². The zero-order valence-corrected chi connectivity index (χ0v) is 12.4. The highest BCUT2D eigenvalue weighted by molar-refractivity contribution is 7.89. The van der Waals surface area contributed by atoms with E-state index in [-0.39, 0.29) is 5.03 Å². The van der Waals surface area contributed by atoms with Crippen LogP contribution in [0.15, 0.2) is 27.8 Å². The van der Waals surface area contributed by atoms with Crippen LogP contribution in [0.5, 0.6) is 0 Å². The average molecular weight is 298 g/mol. The van der Waals surface area contributed by atoms with Gasteiger partial charge in [-0.05, 0) is 33.0 Å². The molecular formula is C12H18N4O3S. The molecule has 1 atom stereocenters. The lowest BCUT2D eigenvalue weighted by Gasteiger charge is -2.11. The zero-order chi connectivity index (χ0) is 14.8. The first-order valence-corrected chi connectivity index (χ1v) is 7.68. The maximum absolute atomic E-state index is 12.4. The highest BCUT2D eigenvalue weighted by Gasteiger charge is 2.26. The summed E-state index contributed by atoms with van der Waals surface area (Å²) >= 11 is 0. The van der Waals surface area contributed by atoms with Gasteiger partial charge < -0.3 is 9.73 Å². The molecule has 0 bridgehead atoms. The largest absolute Gasteiger partial charge is 0.468 e. The van der Waals surface area contributed by atoms with E-state index < -0.39 is 16.1 Å². The Hall–Kier alpha value is -1.64. The third-order valence-corrected chi connectivity index (χ3v) is 4.46. The molecule has 0 saturated carbocycles. The van der Waals surface area contributed by atoms with Gasteiger partial charge in [-0.2, -0.15) is 9.82 Å². The molecule has 110 valence electrons. The molecule has 0 spiro atoms. The van der Waals surface area contributed by atoms with Gasteiger partial charge in [0.25, 0.3) is 10.0 Å². The number of sulfonamides is 1. The fraction of sp³-hybridized carbons (Fsp3) is 0.417. The van der Waals surface area contributed by atoms with Gasteiger partial charge in [0.2, 0.25) is 0 Å². The number of aromatic nitrogens is 2. The Morgan fingerprint density at radius 3 is 2.85 bits per heavy atom. The van der Waals surface area contributed by atoms with Crippen molar-refractivity contribution >= 4 is 10.0 Å². The monoisotopic (exact) mass is 298 g/mol. The summed E-state index contributed by atoms with van der Waals surface area (Å²) in [5.41, 5.74) is 1.36. The van der Waals surface area contributed by atoms with Gasteiger partial charge in [-0.15, -0.1) is 0 Å². The molecule has 0 fully saturated rings. The van der Waals surface area contributed by atoms with Crippen molar-refractivity contribution in [2.24, 2.45) is 0 Å². The predicted octanol–water partition coefficient (Wildman–Crippen LogP) is 1.07. The van der Waals surface area contributed by atoms with E-state index in [1.807, 2.05) is 0 Å². The third-order valence-electron chi connectivity index (χ3n) is 2.95. The zero-order valence-electron chi connectivity index (χ0n) is 11.6. The fourth-order valence-electron chi connectivity index (χ4n) is 1.92. The predicted molar refractivity (Wildman–Crippen MR) is 73.5 cm³/mol. The van der Waals surface area contributed by atoms with Gasteiger partial charge >= 0.3 is 0 Å². The van der Waals surface area contributed by atoms with Crippen molar-refractivity contribution in [1.82, 2.24) is 20.2 Å². The van der Waals surface area contributed by atoms with Crippen LogP contribution in [0.3, 0.4) is 0 Å². The summed E-state index contributed by atoms with van der Waals surface area (Å²) in [6.07, 6.45) is 1.51. The van der Waals surface area contributed by atoms with Crippen LogP contribution < -0.4 is 10.0 Å². The van der Waals surface area contributed by atoms with Crippen molar-refractivity contribution in [3.8, 4) is 0 Å². The molecule has 1 unspecified atom stereocenters. The smallest absolute Gasteiger partial charge is 0.260 e. The molecule has 2 aromatic rings. The maximum atomic E-state index is 12.4. The van der Waals surface area contributed by atoms with E-state index in [1.165, 1.54) is 6.26 Å². The molecule has 2 aromatic heterocycles. The Balaban J connectivity index is 2.27. The van der Waals surface area contributed by atoms with Crippen LogP contribution in [0.4, 0.5) is 0 Å². The minimum absolute atomic E-state index is 0.0164. The Labute approximate surface area is 117 Å².